The minimum Gasteiger partial charge on any atom is -0.504 e. The van der Waals surface area contributed by atoms with Crippen LogP contribution < -0.4 is 0 Å². The molecule has 0 heterocycles. The van der Waals surface area contributed by atoms with E-state index in [0.29, 0.717) is 24.2 Å². The summed E-state index contributed by atoms with van der Waals surface area (Å²) in [5.41, 5.74) is 2.38. The predicted molar refractivity (Wildman–Crippen MR) is 175 cm³/mol. The number of hydrogen-bond donors (Lipinski definition) is 4. The molecule has 4 fully saturated rings. The van der Waals surface area contributed by atoms with Gasteiger partial charge in [-0.05, 0) is 134 Å². The third-order valence-electron chi connectivity index (χ3n) is 14.9. The first-order chi connectivity index (χ1) is 21.0. The molecule has 0 aliphatic heterocycles. The lowest BCUT2D eigenvalue weighted by molar-refractivity contribution is -0.198. The largest absolute Gasteiger partial charge is 0.504 e. The van der Waals surface area contributed by atoms with Gasteiger partial charge < -0.3 is 25.2 Å². The van der Waals surface area contributed by atoms with Crippen molar-refractivity contribution in [3.05, 3.63) is 35.4 Å². The second-order valence-corrected chi connectivity index (χ2v) is 17.6. The molecule has 6 heteroatoms. The van der Waals surface area contributed by atoms with E-state index < -0.39 is 11.5 Å². The van der Waals surface area contributed by atoms with Crippen LogP contribution in [0.1, 0.15) is 118 Å². The summed E-state index contributed by atoms with van der Waals surface area (Å²) in [6, 6.07) is 4.62. The van der Waals surface area contributed by atoms with Crippen LogP contribution in [0, 0.1) is 50.7 Å². The minimum absolute atomic E-state index is 0.0628. The Labute approximate surface area is 270 Å². The van der Waals surface area contributed by atoms with Crippen LogP contribution in [0.5, 0.6) is 11.5 Å². The lowest BCUT2D eigenvalue weighted by atomic mass is 9.42. The van der Waals surface area contributed by atoms with Gasteiger partial charge in [-0.2, -0.15) is 0 Å². The van der Waals surface area contributed by atoms with Gasteiger partial charge in [0.15, 0.2) is 11.5 Å². The Morgan fingerprint density at radius 2 is 1.53 bits per heavy atom. The number of phenolic OH excluding ortho intramolecular Hbond substituents is 2. The number of aromatic hydroxyl groups is 2. The summed E-state index contributed by atoms with van der Waals surface area (Å²) in [5.74, 6) is 1.24. The molecule has 45 heavy (non-hydrogen) atoms. The van der Waals surface area contributed by atoms with Crippen molar-refractivity contribution in [3.63, 3.8) is 0 Å². The second-order valence-electron chi connectivity index (χ2n) is 17.6. The molecule has 0 bridgehead atoms. The minimum atomic E-state index is -0.506. The van der Waals surface area contributed by atoms with Gasteiger partial charge in [0.25, 0.3) is 0 Å². The van der Waals surface area contributed by atoms with Crippen molar-refractivity contribution < 1.29 is 30.0 Å². The fourth-order valence-electron chi connectivity index (χ4n) is 12.2. The van der Waals surface area contributed by atoms with Crippen LogP contribution in [-0.4, -0.2) is 45.2 Å². The molecule has 1 aromatic carbocycles. The summed E-state index contributed by atoms with van der Waals surface area (Å²) in [6.45, 7) is 14.6. The zero-order chi connectivity index (χ0) is 32.6. The van der Waals surface area contributed by atoms with Gasteiger partial charge in [-0.15, -0.1) is 0 Å². The average Bonchev–Trinajstić information content (AvgIpc) is 3.14. The summed E-state index contributed by atoms with van der Waals surface area (Å²) in [5, 5.41) is 41.9. The molecule has 4 N–H and O–H groups in total. The monoisotopic (exact) mass is 622 g/mol. The molecular formula is C39H58O6. The summed E-state index contributed by atoms with van der Waals surface area (Å²) >= 11 is 0. The van der Waals surface area contributed by atoms with Crippen molar-refractivity contribution in [2.45, 2.75) is 131 Å². The molecule has 0 unspecified atom stereocenters. The Kier molecular flexibility index (Phi) is 8.24. The number of aryl methyl sites for hydroxylation is 1. The number of benzene rings is 1. The van der Waals surface area contributed by atoms with Crippen molar-refractivity contribution >= 4 is 5.97 Å². The first kappa shape index (κ1) is 32.9. The number of ether oxygens (including phenoxy) is 1. The Morgan fingerprint density at radius 3 is 2.27 bits per heavy atom. The Morgan fingerprint density at radius 1 is 0.822 bits per heavy atom. The van der Waals surface area contributed by atoms with E-state index in [2.05, 4.69) is 47.6 Å². The smallest absolute Gasteiger partial charge is 0.306 e. The number of carbonyl (C=O) groups excluding carboxylic acids is 1. The van der Waals surface area contributed by atoms with Gasteiger partial charge in [-0.3, -0.25) is 4.79 Å². The van der Waals surface area contributed by atoms with Crippen LogP contribution >= 0.6 is 0 Å². The van der Waals surface area contributed by atoms with Crippen LogP contribution in [0.3, 0.4) is 0 Å². The first-order valence-electron chi connectivity index (χ1n) is 17.8. The third-order valence-corrected chi connectivity index (χ3v) is 14.9. The molecule has 1 aromatic rings. The van der Waals surface area contributed by atoms with Gasteiger partial charge in [0.2, 0.25) is 0 Å². The van der Waals surface area contributed by atoms with E-state index in [1.807, 2.05) is 0 Å². The normalized spacial score (nSPS) is 43.9. The maximum atomic E-state index is 12.9. The standard InChI is InChI=1S/C39H58O6/c1-35(2)29-12-9-25-22-36(3)18-15-31-38(5,30(36)13-10-26(25)37(29,4)19-16-32(35)42)20-17-33(43)39(31,6)23-45-34(44)14-8-24-7-11-27(40)28(41)21-24/h7,9,11,21,26,29-33,40-43H,8,10,12-20,22-23H2,1-6H3/t26-,29-,30-,31+,32-,33-,36-,37+,38+,39+/m0/s1. The summed E-state index contributed by atoms with van der Waals surface area (Å²) in [6.07, 6.45) is 13.0. The average molecular weight is 623 g/mol. The van der Waals surface area contributed by atoms with Crippen molar-refractivity contribution in [2.24, 2.45) is 50.7 Å². The molecule has 6 rings (SSSR count). The fourth-order valence-corrected chi connectivity index (χ4v) is 12.2. The third kappa shape index (κ3) is 5.25. The Balaban J connectivity index is 1.19. The molecule has 10 atom stereocenters. The number of carbonyl (C=O) groups is 1. The summed E-state index contributed by atoms with van der Waals surface area (Å²) < 4.78 is 5.95. The molecule has 4 saturated carbocycles. The van der Waals surface area contributed by atoms with Gasteiger partial charge in [-0.1, -0.05) is 59.3 Å². The molecule has 0 aromatic heterocycles. The second kappa shape index (κ2) is 11.3. The Hall–Kier alpha value is -2.05. The lowest BCUT2D eigenvalue weighted by Gasteiger charge is -2.64. The van der Waals surface area contributed by atoms with E-state index in [-0.39, 0.29) is 64.2 Å². The molecular weight excluding hydrogens is 564 g/mol. The quantitative estimate of drug-likeness (QED) is 0.152. The topological polar surface area (TPSA) is 107 Å². The predicted octanol–water partition coefficient (Wildman–Crippen LogP) is 7.71. The number of allylic oxidation sites excluding steroid dienone is 2. The van der Waals surface area contributed by atoms with Crippen molar-refractivity contribution in [3.8, 4) is 11.5 Å². The number of rotatable bonds is 5. The molecule has 0 spiro atoms. The van der Waals surface area contributed by atoms with E-state index in [1.54, 1.807) is 11.6 Å². The molecule has 5 aliphatic rings. The highest BCUT2D eigenvalue weighted by Gasteiger charge is 2.64. The number of aliphatic hydroxyl groups excluding tert-OH is 2. The van der Waals surface area contributed by atoms with E-state index in [1.165, 1.54) is 25.0 Å². The van der Waals surface area contributed by atoms with Crippen molar-refractivity contribution in [2.75, 3.05) is 6.61 Å². The van der Waals surface area contributed by atoms with Crippen molar-refractivity contribution in [1.82, 2.24) is 0 Å². The highest BCUT2D eigenvalue weighted by Crippen LogP contribution is 2.70. The van der Waals surface area contributed by atoms with Crippen molar-refractivity contribution in [1.29, 1.82) is 0 Å². The maximum absolute atomic E-state index is 12.9. The van der Waals surface area contributed by atoms with Crippen LogP contribution in [0.2, 0.25) is 0 Å². The zero-order valence-corrected chi connectivity index (χ0v) is 28.6. The molecule has 0 radical (unpaired) electrons. The van der Waals surface area contributed by atoms with Gasteiger partial charge >= 0.3 is 5.97 Å². The first-order valence-corrected chi connectivity index (χ1v) is 17.8. The molecule has 5 aliphatic carbocycles. The molecule has 0 amide bonds. The lowest BCUT2D eigenvalue weighted by Crippen LogP contribution is -2.60. The highest BCUT2D eigenvalue weighted by atomic mass is 16.5. The van der Waals surface area contributed by atoms with Crippen LogP contribution in [0.4, 0.5) is 0 Å². The maximum Gasteiger partial charge on any atom is 0.306 e. The number of esters is 1. The molecule has 250 valence electrons. The number of fused-ring (bicyclic) bond motifs is 6. The highest BCUT2D eigenvalue weighted by molar-refractivity contribution is 5.69. The van der Waals surface area contributed by atoms with Crippen LogP contribution in [-0.2, 0) is 16.0 Å². The van der Waals surface area contributed by atoms with E-state index in [0.717, 1.165) is 56.9 Å². The molecule has 0 saturated heterocycles. The molecule has 6 nitrogen and oxygen atoms in total. The zero-order valence-electron chi connectivity index (χ0n) is 28.6. The number of hydrogen-bond acceptors (Lipinski definition) is 6. The fraction of sp³-hybridized carbons (Fsp3) is 0.769. The summed E-state index contributed by atoms with van der Waals surface area (Å²) in [4.78, 5) is 12.9. The van der Waals surface area contributed by atoms with Gasteiger partial charge in [0, 0.05) is 11.8 Å². The number of phenols is 2. The van der Waals surface area contributed by atoms with Gasteiger partial charge in [-0.25, -0.2) is 0 Å². The van der Waals surface area contributed by atoms with Gasteiger partial charge in [0.05, 0.1) is 18.8 Å². The van der Waals surface area contributed by atoms with E-state index in [4.69, 9.17) is 4.74 Å². The van der Waals surface area contributed by atoms with Crippen LogP contribution in [0.25, 0.3) is 0 Å². The van der Waals surface area contributed by atoms with Gasteiger partial charge in [0.1, 0.15) is 0 Å². The van der Waals surface area contributed by atoms with E-state index >= 15 is 0 Å². The SMILES string of the molecule is CC1(C)[C@@H](O)CC[C@]2(C)[C@H]3CC[C@H]4[C@@](C)(CC[C@@H]5[C@]4(C)CC[C@H](O)[C@]5(C)COC(=O)CCc4ccc(O)c(O)c4)CC3=CC[C@@H]12. The Bertz CT molecular complexity index is 1330. The van der Waals surface area contributed by atoms with E-state index in [9.17, 15) is 25.2 Å². The number of aliphatic hydroxyl groups is 2. The van der Waals surface area contributed by atoms with Crippen LogP contribution in [0.15, 0.2) is 29.8 Å². The summed E-state index contributed by atoms with van der Waals surface area (Å²) in [7, 11) is 0.